The number of anilines is 1. The molecule has 5 heteroatoms. The number of ether oxygens (including phenoxy) is 1. The molecule has 0 radical (unpaired) electrons. The Morgan fingerprint density at radius 1 is 1.67 bits per heavy atom. The molecule has 15 heavy (non-hydrogen) atoms. The second-order valence-corrected chi connectivity index (χ2v) is 3.39. The highest BCUT2D eigenvalue weighted by Gasteiger charge is 2.21. The number of fused-ring (bicyclic) bond motifs is 1. The van der Waals surface area contributed by atoms with Crippen LogP contribution in [0.2, 0.25) is 0 Å². The molecule has 2 N–H and O–H groups in total. The molecule has 0 amide bonds. The molecule has 0 aliphatic carbocycles. The lowest BCUT2D eigenvalue weighted by atomic mass is 10.1. The number of aliphatic carboxylic acids is 1. The third-order valence-corrected chi connectivity index (χ3v) is 2.16. The lowest BCUT2D eigenvalue weighted by molar-refractivity contribution is -0.137. The maximum absolute atomic E-state index is 12.8. The van der Waals surface area contributed by atoms with Gasteiger partial charge in [-0.1, -0.05) is 0 Å². The van der Waals surface area contributed by atoms with Crippen molar-refractivity contribution in [1.82, 2.24) is 0 Å². The van der Waals surface area contributed by atoms with Gasteiger partial charge in [-0.2, -0.15) is 0 Å². The summed E-state index contributed by atoms with van der Waals surface area (Å²) in [6.45, 7) is 0.239. The van der Waals surface area contributed by atoms with E-state index in [2.05, 4.69) is 5.32 Å². The van der Waals surface area contributed by atoms with Crippen LogP contribution in [0.3, 0.4) is 0 Å². The largest absolute Gasteiger partial charge is 0.489 e. The van der Waals surface area contributed by atoms with Crippen LogP contribution in [-0.4, -0.2) is 23.7 Å². The van der Waals surface area contributed by atoms with E-state index in [0.717, 1.165) is 0 Å². The average Bonchev–Trinajstić information content (AvgIpc) is 2.17. The number of benzene rings is 1. The van der Waals surface area contributed by atoms with Crippen LogP contribution >= 0.6 is 0 Å². The molecular formula is C10H10FNO3. The van der Waals surface area contributed by atoms with Crippen LogP contribution in [0.15, 0.2) is 18.2 Å². The molecule has 1 heterocycles. The van der Waals surface area contributed by atoms with E-state index < -0.39 is 5.97 Å². The second-order valence-electron chi connectivity index (χ2n) is 3.39. The fourth-order valence-corrected chi connectivity index (χ4v) is 1.51. The van der Waals surface area contributed by atoms with Crippen LogP contribution in [0.1, 0.15) is 6.42 Å². The number of nitrogens with one attached hydrogen (secondary N) is 1. The van der Waals surface area contributed by atoms with Crippen molar-refractivity contribution < 1.29 is 19.0 Å². The zero-order chi connectivity index (χ0) is 10.8. The van der Waals surface area contributed by atoms with Crippen LogP contribution in [0.25, 0.3) is 0 Å². The molecule has 1 aliphatic rings. The number of carbonyl (C=O) groups is 1. The molecule has 80 valence electrons. The monoisotopic (exact) mass is 211 g/mol. The van der Waals surface area contributed by atoms with Crippen LogP contribution in [-0.2, 0) is 4.79 Å². The molecular weight excluding hydrogens is 201 g/mol. The van der Waals surface area contributed by atoms with E-state index in [-0.39, 0.29) is 24.9 Å². The van der Waals surface area contributed by atoms with Crippen molar-refractivity contribution in [2.45, 2.75) is 12.5 Å². The first-order chi connectivity index (χ1) is 7.15. The quantitative estimate of drug-likeness (QED) is 0.777. The molecule has 1 atom stereocenters. The summed E-state index contributed by atoms with van der Waals surface area (Å²) in [5.74, 6) is -0.828. The minimum atomic E-state index is -0.887. The van der Waals surface area contributed by atoms with Gasteiger partial charge in [-0.25, -0.2) is 4.39 Å². The maximum Gasteiger partial charge on any atom is 0.305 e. The molecule has 0 bridgehead atoms. The fraction of sp³-hybridized carbons (Fsp3) is 0.300. The van der Waals surface area contributed by atoms with E-state index in [9.17, 15) is 9.18 Å². The molecule has 1 aromatic carbocycles. The summed E-state index contributed by atoms with van der Waals surface area (Å²) in [4.78, 5) is 10.5. The summed E-state index contributed by atoms with van der Waals surface area (Å²) in [7, 11) is 0. The molecule has 1 aromatic rings. The lowest BCUT2D eigenvalue weighted by Crippen LogP contribution is -2.33. The van der Waals surface area contributed by atoms with Gasteiger partial charge in [0.15, 0.2) is 0 Å². The molecule has 0 fully saturated rings. The smallest absolute Gasteiger partial charge is 0.305 e. The highest BCUT2D eigenvalue weighted by atomic mass is 19.1. The molecule has 0 spiro atoms. The molecule has 4 nitrogen and oxygen atoms in total. The van der Waals surface area contributed by atoms with Gasteiger partial charge in [0.1, 0.15) is 18.2 Å². The molecule has 1 unspecified atom stereocenters. The summed E-state index contributed by atoms with van der Waals surface area (Å²) in [5.41, 5.74) is 0.633. The van der Waals surface area contributed by atoms with Crippen molar-refractivity contribution in [3.8, 4) is 5.75 Å². The molecule has 1 aliphatic heterocycles. The topological polar surface area (TPSA) is 58.6 Å². The van der Waals surface area contributed by atoms with Crippen molar-refractivity contribution in [3.63, 3.8) is 0 Å². The normalized spacial score (nSPS) is 18.6. The predicted molar refractivity (Wildman–Crippen MR) is 51.6 cm³/mol. The highest BCUT2D eigenvalue weighted by Crippen LogP contribution is 2.29. The third kappa shape index (κ3) is 2.18. The Morgan fingerprint density at radius 2 is 2.47 bits per heavy atom. The van der Waals surface area contributed by atoms with Crippen molar-refractivity contribution in [1.29, 1.82) is 0 Å². The minimum Gasteiger partial charge on any atom is -0.489 e. The summed E-state index contributed by atoms with van der Waals surface area (Å²) in [6.07, 6.45) is -0.0170. The number of carboxylic acid groups (broad SMARTS) is 1. The number of carboxylic acids is 1. The Kier molecular flexibility index (Phi) is 2.45. The molecule has 0 saturated heterocycles. The van der Waals surface area contributed by atoms with E-state index in [4.69, 9.17) is 9.84 Å². The van der Waals surface area contributed by atoms with Crippen LogP contribution in [0.4, 0.5) is 10.1 Å². The standard InChI is InChI=1S/C10H10FNO3/c11-6-1-2-8-9(3-6)15-5-7(12-8)4-10(13)14/h1-3,7,12H,4-5H2,(H,13,14). The Hall–Kier alpha value is -1.78. The average molecular weight is 211 g/mol. The SMILES string of the molecule is O=C(O)CC1COc2cc(F)ccc2N1. The number of halogens is 1. The summed E-state index contributed by atoms with van der Waals surface area (Å²) in [6, 6.07) is 3.86. The van der Waals surface area contributed by atoms with Crippen molar-refractivity contribution in [3.05, 3.63) is 24.0 Å². The first-order valence-electron chi connectivity index (χ1n) is 4.56. The van der Waals surface area contributed by atoms with Crippen LogP contribution in [0.5, 0.6) is 5.75 Å². The summed E-state index contributed by atoms with van der Waals surface area (Å²) >= 11 is 0. The van der Waals surface area contributed by atoms with E-state index in [1.54, 1.807) is 6.07 Å². The van der Waals surface area contributed by atoms with E-state index in [0.29, 0.717) is 11.4 Å². The fourth-order valence-electron chi connectivity index (χ4n) is 1.51. The van der Waals surface area contributed by atoms with Gasteiger partial charge in [-0.05, 0) is 12.1 Å². The van der Waals surface area contributed by atoms with E-state index in [1.807, 2.05) is 0 Å². The van der Waals surface area contributed by atoms with Crippen molar-refractivity contribution in [2.24, 2.45) is 0 Å². The molecule has 2 rings (SSSR count). The first-order valence-corrected chi connectivity index (χ1v) is 4.56. The van der Waals surface area contributed by atoms with Crippen LogP contribution in [0, 0.1) is 5.82 Å². The summed E-state index contributed by atoms with van der Waals surface area (Å²) < 4.78 is 18.1. The van der Waals surface area contributed by atoms with Gasteiger partial charge < -0.3 is 15.2 Å². The van der Waals surface area contributed by atoms with Gasteiger partial charge >= 0.3 is 5.97 Å². The zero-order valence-corrected chi connectivity index (χ0v) is 7.87. The van der Waals surface area contributed by atoms with Gasteiger partial charge in [0.25, 0.3) is 0 Å². The number of hydrogen-bond acceptors (Lipinski definition) is 3. The van der Waals surface area contributed by atoms with Gasteiger partial charge in [0.05, 0.1) is 18.2 Å². The highest BCUT2D eigenvalue weighted by molar-refractivity contribution is 5.69. The second kappa shape index (κ2) is 3.76. The lowest BCUT2D eigenvalue weighted by Gasteiger charge is -2.26. The molecule has 0 saturated carbocycles. The molecule has 0 aromatic heterocycles. The van der Waals surface area contributed by atoms with E-state index >= 15 is 0 Å². The minimum absolute atomic E-state index is 0.0170. The van der Waals surface area contributed by atoms with Gasteiger partial charge in [0, 0.05) is 6.07 Å². The van der Waals surface area contributed by atoms with E-state index in [1.165, 1.54) is 12.1 Å². The number of hydrogen-bond donors (Lipinski definition) is 2. The summed E-state index contributed by atoms with van der Waals surface area (Å²) in [5, 5.41) is 11.6. The zero-order valence-electron chi connectivity index (χ0n) is 7.87. The third-order valence-electron chi connectivity index (χ3n) is 2.16. The van der Waals surface area contributed by atoms with Gasteiger partial charge in [-0.15, -0.1) is 0 Å². The van der Waals surface area contributed by atoms with Gasteiger partial charge in [0.2, 0.25) is 0 Å². The number of rotatable bonds is 2. The Morgan fingerprint density at radius 3 is 3.20 bits per heavy atom. The van der Waals surface area contributed by atoms with Crippen molar-refractivity contribution >= 4 is 11.7 Å². The maximum atomic E-state index is 12.8. The Labute approximate surface area is 85.7 Å². The Balaban J connectivity index is 2.13. The predicted octanol–water partition coefficient (Wildman–Crippen LogP) is 1.47. The van der Waals surface area contributed by atoms with Gasteiger partial charge in [-0.3, -0.25) is 4.79 Å². The van der Waals surface area contributed by atoms with Crippen LogP contribution < -0.4 is 10.1 Å². The van der Waals surface area contributed by atoms with Crippen molar-refractivity contribution in [2.75, 3.05) is 11.9 Å². The first kappa shape index (κ1) is 9.76. The Bertz CT molecular complexity index is 394.